The highest BCUT2D eigenvalue weighted by atomic mass is 32.2. The Morgan fingerprint density at radius 2 is 2.05 bits per heavy atom. The van der Waals surface area contributed by atoms with Gasteiger partial charge >= 0.3 is 0 Å². The SMILES string of the molecule is C#CCN(C1C=CCC1)S(=O)(=O)c1ccc(C)cc1. The van der Waals surface area contributed by atoms with Gasteiger partial charge in [0.25, 0.3) is 0 Å². The molecule has 4 heteroatoms. The van der Waals surface area contributed by atoms with Crippen LogP contribution < -0.4 is 0 Å². The highest BCUT2D eigenvalue weighted by Gasteiger charge is 2.30. The van der Waals surface area contributed by atoms with Gasteiger partial charge in [-0.1, -0.05) is 35.8 Å². The molecule has 1 aliphatic rings. The first-order valence-corrected chi connectivity index (χ1v) is 7.68. The largest absolute Gasteiger partial charge is 0.244 e. The van der Waals surface area contributed by atoms with Crippen molar-refractivity contribution in [1.29, 1.82) is 0 Å². The Labute approximate surface area is 115 Å². The summed E-state index contributed by atoms with van der Waals surface area (Å²) >= 11 is 0. The summed E-state index contributed by atoms with van der Waals surface area (Å²) in [6, 6.07) is 6.73. The van der Waals surface area contributed by atoms with Gasteiger partial charge in [0.05, 0.1) is 11.4 Å². The second-order valence-corrected chi connectivity index (χ2v) is 6.53. The Morgan fingerprint density at radius 3 is 2.58 bits per heavy atom. The Balaban J connectivity index is 2.37. The predicted molar refractivity (Wildman–Crippen MR) is 76.1 cm³/mol. The van der Waals surface area contributed by atoms with Gasteiger partial charge in [-0.25, -0.2) is 8.42 Å². The zero-order chi connectivity index (χ0) is 13.9. The third-order valence-electron chi connectivity index (χ3n) is 3.23. The van der Waals surface area contributed by atoms with E-state index in [1.807, 2.05) is 19.1 Å². The molecule has 0 aromatic heterocycles. The highest BCUT2D eigenvalue weighted by Crippen LogP contribution is 2.24. The van der Waals surface area contributed by atoms with Gasteiger partial charge < -0.3 is 0 Å². The van der Waals surface area contributed by atoms with Crippen LogP contribution in [0.2, 0.25) is 0 Å². The summed E-state index contributed by atoms with van der Waals surface area (Å²) < 4.78 is 26.6. The fourth-order valence-corrected chi connectivity index (χ4v) is 3.70. The van der Waals surface area contributed by atoms with Crippen molar-refractivity contribution in [1.82, 2.24) is 4.31 Å². The summed E-state index contributed by atoms with van der Waals surface area (Å²) in [5.74, 6) is 2.44. The van der Waals surface area contributed by atoms with Gasteiger partial charge in [-0.2, -0.15) is 4.31 Å². The topological polar surface area (TPSA) is 37.4 Å². The zero-order valence-electron chi connectivity index (χ0n) is 10.9. The number of nitrogens with zero attached hydrogens (tertiary/aromatic N) is 1. The van der Waals surface area contributed by atoms with E-state index in [-0.39, 0.29) is 12.6 Å². The third-order valence-corrected chi connectivity index (χ3v) is 5.12. The van der Waals surface area contributed by atoms with Gasteiger partial charge in [-0.15, -0.1) is 6.42 Å². The second-order valence-electron chi connectivity index (χ2n) is 4.64. The molecule has 1 aromatic rings. The standard InChI is InChI=1S/C15H17NO2S/c1-3-12-16(14-6-4-5-7-14)19(17,18)15-10-8-13(2)9-11-15/h1,4,6,8-11,14H,5,7,12H2,2H3. The lowest BCUT2D eigenvalue weighted by atomic mass is 10.2. The van der Waals surface area contributed by atoms with Gasteiger partial charge in [0.15, 0.2) is 0 Å². The summed E-state index contributed by atoms with van der Waals surface area (Å²) in [5, 5.41) is 0. The van der Waals surface area contributed by atoms with Crippen LogP contribution in [0, 0.1) is 19.3 Å². The molecule has 1 aliphatic carbocycles. The molecule has 0 radical (unpaired) electrons. The quantitative estimate of drug-likeness (QED) is 0.625. The number of rotatable bonds is 4. The first kappa shape index (κ1) is 13.9. The van der Waals surface area contributed by atoms with E-state index < -0.39 is 10.0 Å². The minimum atomic E-state index is -3.52. The highest BCUT2D eigenvalue weighted by molar-refractivity contribution is 7.89. The molecular formula is C15H17NO2S. The van der Waals surface area contributed by atoms with E-state index in [4.69, 9.17) is 6.42 Å². The van der Waals surface area contributed by atoms with Gasteiger partial charge in [0.1, 0.15) is 0 Å². The number of hydrogen-bond acceptors (Lipinski definition) is 2. The number of hydrogen-bond donors (Lipinski definition) is 0. The summed E-state index contributed by atoms with van der Waals surface area (Å²) in [7, 11) is -3.52. The molecule has 0 spiro atoms. The minimum absolute atomic E-state index is 0.102. The maximum atomic E-state index is 12.6. The smallest absolute Gasteiger partial charge is 0.207 e. The summed E-state index contributed by atoms with van der Waals surface area (Å²) in [4.78, 5) is 0.300. The molecule has 0 bridgehead atoms. The van der Waals surface area contributed by atoms with Crippen LogP contribution in [0.4, 0.5) is 0 Å². The summed E-state index contributed by atoms with van der Waals surface area (Å²) in [6.07, 6.45) is 10.9. The van der Waals surface area contributed by atoms with Crippen molar-refractivity contribution in [3.63, 3.8) is 0 Å². The number of benzene rings is 1. The number of terminal acetylenes is 1. The van der Waals surface area contributed by atoms with Crippen molar-refractivity contribution in [2.75, 3.05) is 6.54 Å². The van der Waals surface area contributed by atoms with E-state index in [1.54, 1.807) is 24.3 Å². The first-order valence-electron chi connectivity index (χ1n) is 6.24. The lowest BCUT2D eigenvalue weighted by molar-refractivity contribution is 0.390. The van der Waals surface area contributed by atoms with Gasteiger partial charge in [0, 0.05) is 6.04 Å². The second kappa shape index (κ2) is 5.60. The Hall–Kier alpha value is -1.57. The van der Waals surface area contributed by atoms with Crippen molar-refractivity contribution in [3.8, 4) is 12.3 Å². The van der Waals surface area contributed by atoms with Crippen molar-refractivity contribution >= 4 is 10.0 Å². The molecule has 0 amide bonds. The lowest BCUT2D eigenvalue weighted by Gasteiger charge is -2.25. The van der Waals surface area contributed by atoms with Crippen molar-refractivity contribution < 1.29 is 8.42 Å². The van der Waals surface area contributed by atoms with E-state index in [1.165, 1.54) is 4.31 Å². The molecule has 2 rings (SSSR count). The number of allylic oxidation sites excluding steroid dienone is 1. The van der Waals surface area contributed by atoms with E-state index >= 15 is 0 Å². The van der Waals surface area contributed by atoms with Crippen LogP contribution in [0.15, 0.2) is 41.3 Å². The van der Waals surface area contributed by atoms with Crippen LogP contribution >= 0.6 is 0 Å². The Bertz CT molecular complexity index is 609. The van der Waals surface area contributed by atoms with Crippen LogP contribution in [0.1, 0.15) is 18.4 Å². The molecule has 0 fully saturated rings. The Kier molecular flexibility index (Phi) is 4.08. The van der Waals surface area contributed by atoms with Crippen LogP contribution in [-0.2, 0) is 10.0 Å². The molecule has 1 aromatic carbocycles. The maximum Gasteiger partial charge on any atom is 0.244 e. The summed E-state index contributed by atoms with van der Waals surface area (Å²) in [5.41, 5.74) is 1.03. The molecule has 19 heavy (non-hydrogen) atoms. The third kappa shape index (κ3) is 2.89. The zero-order valence-corrected chi connectivity index (χ0v) is 11.7. The average molecular weight is 275 g/mol. The van der Waals surface area contributed by atoms with E-state index in [2.05, 4.69) is 5.92 Å². The van der Waals surface area contributed by atoms with E-state index in [0.29, 0.717) is 4.90 Å². The van der Waals surface area contributed by atoms with Gasteiger partial charge in [-0.3, -0.25) is 0 Å². The van der Waals surface area contributed by atoms with E-state index in [9.17, 15) is 8.42 Å². The monoisotopic (exact) mass is 275 g/mol. The fourth-order valence-electron chi connectivity index (χ4n) is 2.17. The van der Waals surface area contributed by atoms with Crippen molar-refractivity contribution in [2.45, 2.75) is 30.7 Å². The van der Waals surface area contributed by atoms with Crippen LogP contribution in [0.25, 0.3) is 0 Å². The normalized spacial score (nSPS) is 18.7. The van der Waals surface area contributed by atoms with Crippen LogP contribution in [0.3, 0.4) is 0 Å². The predicted octanol–water partition coefficient (Wildman–Crippen LogP) is 2.34. The first-order chi connectivity index (χ1) is 9.05. The Morgan fingerprint density at radius 1 is 1.37 bits per heavy atom. The fraction of sp³-hybridized carbons (Fsp3) is 0.333. The molecule has 0 saturated heterocycles. The minimum Gasteiger partial charge on any atom is -0.207 e. The lowest BCUT2D eigenvalue weighted by Crippen LogP contribution is -2.38. The molecule has 3 nitrogen and oxygen atoms in total. The molecule has 0 heterocycles. The molecule has 1 unspecified atom stereocenters. The maximum absolute atomic E-state index is 12.6. The molecular weight excluding hydrogens is 258 g/mol. The molecule has 100 valence electrons. The molecule has 0 N–H and O–H groups in total. The molecule has 0 aliphatic heterocycles. The molecule has 0 saturated carbocycles. The van der Waals surface area contributed by atoms with Crippen molar-refractivity contribution in [3.05, 3.63) is 42.0 Å². The van der Waals surface area contributed by atoms with Gasteiger partial charge in [0.2, 0.25) is 10.0 Å². The molecule has 1 atom stereocenters. The van der Waals surface area contributed by atoms with Crippen LogP contribution in [0.5, 0.6) is 0 Å². The number of aryl methyl sites for hydroxylation is 1. The average Bonchev–Trinajstić information content (AvgIpc) is 2.89. The van der Waals surface area contributed by atoms with E-state index in [0.717, 1.165) is 18.4 Å². The summed E-state index contributed by atoms with van der Waals surface area (Å²) in [6.45, 7) is 2.03. The van der Waals surface area contributed by atoms with Gasteiger partial charge in [-0.05, 0) is 31.9 Å². The van der Waals surface area contributed by atoms with Crippen molar-refractivity contribution in [2.24, 2.45) is 0 Å². The number of sulfonamides is 1. The van der Waals surface area contributed by atoms with Crippen LogP contribution in [-0.4, -0.2) is 25.3 Å².